The highest BCUT2D eigenvalue weighted by Crippen LogP contribution is 2.06. The molecule has 2 heteroatoms. The summed E-state index contributed by atoms with van der Waals surface area (Å²) in [6.07, 6.45) is 2.09. The molecule has 1 atom stereocenters. The highest BCUT2D eigenvalue weighted by atomic mass is 35.5. The van der Waals surface area contributed by atoms with Gasteiger partial charge >= 0.3 is 0 Å². The second-order valence-corrected chi connectivity index (χ2v) is 3.35. The van der Waals surface area contributed by atoms with Crippen molar-refractivity contribution in [2.24, 2.45) is 5.73 Å². The number of rotatable bonds is 3. The fourth-order valence-electron chi connectivity index (χ4n) is 1.28. The van der Waals surface area contributed by atoms with Crippen LogP contribution in [-0.4, -0.2) is 6.04 Å². The van der Waals surface area contributed by atoms with Crippen molar-refractivity contribution in [3.05, 3.63) is 35.4 Å². The Morgan fingerprint density at radius 2 is 1.62 bits per heavy atom. The van der Waals surface area contributed by atoms with E-state index in [1.54, 1.807) is 0 Å². The van der Waals surface area contributed by atoms with E-state index in [4.69, 9.17) is 5.73 Å². The van der Waals surface area contributed by atoms with E-state index in [0.717, 1.165) is 12.8 Å². The molecule has 0 radical (unpaired) electrons. The molecule has 1 aromatic carbocycles. The number of halogens is 1. The van der Waals surface area contributed by atoms with Crippen LogP contribution in [0.5, 0.6) is 0 Å². The number of hydrogen-bond acceptors (Lipinski definition) is 1. The van der Waals surface area contributed by atoms with Gasteiger partial charge in [-0.15, -0.1) is 12.4 Å². The van der Waals surface area contributed by atoms with E-state index in [1.807, 2.05) is 6.92 Å². The molecule has 0 aliphatic carbocycles. The summed E-state index contributed by atoms with van der Waals surface area (Å²) in [5.74, 6) is 0. The van der Waals surface area contributed by atoms with Crippen LogP contribution in [0.2, 0.25) is 0 Å². The highest BCUT2D eigenvalue weighted by molar-refractivity contribution is 5.85. The van der Waals surface area contributed by atoms with Crippen molar-refractivity contribution in [1.82, 2.24) is 0 Å². The molecule has 0 aromatic heterocycles. The van der Waals surface area contributed by atoms with E-state index in [2.05, 4.69) is 31.2 Å². The molecule has 1 aromatic rings. The molecule has 0 amide bonds. The molecule has 0 bridgehead atoms. The maximum atomic E-state index is 5.69. The lowest BCUT2D eigenvalue weighted by Gasteiger charge is -2.05. The lowest BCUT2D eigenvalue weighted by atomic mass is 10.0. The van der Waals surface area contributed by atoms with E-state index in [1.165, 1.54) is 11.1 Å². The van der Waals surface area contributed by atoms with Crippen molar-refractivity contribution >= 4 is 12.4 Å². The van der Waals surface area contributed by atoms with Gasteiger partial charge in [0.15, 0.2) is 0 Å². The standard InChI is InChI=1S/C11H17N.ClH/c1-3-10-4-6-11(7-5-10)8-9(2)12;/h4-7,9H,3,8,12H2,1-2H3;1H. The van der Waals surface area contributed by atoms with Crippen LogP contribution in [0.4, 0.5) is 0 Å². The number of aryl methyl sites for hydroxylation is 1. The quantitative estimate of drug-likeness (QED) is 0.796. The summed E-state index contributed by atoms with van der Waals surface area (Å²) in [6, 6.07) is 8.96. The molecule has 0 fully saturated rings. The van der Waals surface area contributed by atoms with Gasteiger partial charge in [0.2, 0.25) is 0 Å². The first-order chi connectivity index (χ1) is 5.72. The predicted octanol–water partition coefficient (Wildman–Crippen LogP) is 2.56. The first kappa shape index (κ1) is 12.5. The fourth-order valence-corrected chi connectivity index (χ4v) is 1.28. The third-order valence-electron chi connectivity index (χ3n) is 1.99. The molecule has 2 N–H and O–H groups in total. The third kappa shape index (κ3) is 4.30. The summed E-state index contributed by atoms with van der Waals surface area (Å²) >= 11 is 0. The molecular formula is C11H18ClN. The Morgan fingerprint density at radius 3 is 2.00 bits per heavy atom. The first-order valence-corrected chi connectivity index (χ1v) is 4.55. The molecule has 1 unspecified atom stereocenters. The average Bonchev–Trinajstić information content (AvgIpc) is 2.05. The van der Waals surface area contributed by atoms with Crippen molar-refractivity contribution < 1.29 is 0 Å². The number of hydrogen-bond donors (Lipinski definition) is 1. The van der Waals surface area contributed by atoms with E-state index in [0.29, 0.717) is 0 Å². The van der Waals surface area contributed by atoms with Crippen LogP contribution in [0, 0.1) is 0 Å². The zero-order chi connectivity index (χ0) is 8.97. The summed E-state index contributed by atoms with van der Waals surface area (Å²) in [5.41, 5.74) is 8.42. The Hall–Kier alpha value is -0.530. The second-order valence-electron chi connectivity index (χ2n) is 3.35. The first-order valence-electron chi connectivity index (χ1n) is 4.55. The molecule has 0 saturated heterocycles. The van der Waals surface area contributed by atoms with Gasteiger partial charge in [0, 0.05) is 6.04 Å². The van der Waals surface area contributed by atoms with E-state index >= 15 is 0 Å². The number of benzene rings is 1. The van der Waals surface area contributed by atoms with E-state index < -0.39 is 0 Å². The average molecular weight is 200 g/mol. The third-order valence-corrected chi connectivity index (χ3v) is 1.99. The highest BCUT2D eigenvalue weighted by Gasteiger charge is 1.96. The SMILES string of the molecule is CCc1ccc(CC(C)N)cc1.Cl. The lowest BCUT2D eigenvalue weighted by Crippen LogP contribution is -2.17. The fraction of sp³-hybridized carbons (Fsp3) is 0.455. The molecule has 13 heavy (non-hydrogen) atoms. The van der Waals surface area contributed by atoms with Gasteiger partial charge in [0.25, 0.3) is 0 Å². The van der Waals surface area contributed by atoms with Crippen LogP contribution in [0.15, 0.2) is 24.3 Å². The van der Waals surface area contributed by atoms with Crippen LogP contribution < -0.4 is 5.73 Å². The minimum atomic E-state index is 0. The Kier molecular flexibility index (Phi) is 5.76. The van der Waals surface area contributed by atoms with Crippen molar-refractivity contribution in [1.29, 1.82) is 0 Å². The van der Waals surface area contributed by atoms with Crippen molar-refractivity contribution in [2.45, 2.75) is 32.7 Å². The van der Waals surface area contributed by atoms with Crippen molar-refractivity contribution in [2.75, 3.05) is 0 Å². The van der Waals surface area contributed by atoms with Gasteiger partial charge in [0.05, 0.1) is 0 Å². The van der Waals surface area contributed by atoms with Crippen LogP contribution in [0.25, 0.3) is 0 Å². The number of nitrogens with two attached hydrogens (primary N) is 1. The molecule has 0 spiro atoms. The minimum Gasteiger partial charge on any atom is -0.328 e. The van der Waals surface area contributed by atoms with Gasteiger partial charge in [0.1, 0.15) is 0 Å². The summed E-state index contributed by atoms with van der Waals surface area (Å²) in [7, 11) is 0. The molecule has 1 nitrogen and oxygen atoms in total. The van der Waals surface area contributed by atoms with Crippen molar-refractivity contribution in [3.8, 4) is 0 Å². The maximum Gasteiger partial charge on any atom is 0.00509 e. The summed E-state index contributed by atoms with van der Waals surface area (Å²) in [5, 5.41) is 0. The Bertz CT molecular complexity index is 228. The Labute approximate surface area is 86.7 Å². The minimum absolute atomic E-state index is 0. The summed E-state index contributed by atoms with van der Waals surface area (Å²) in [4.78, 5) is 0. The van der Waals surface area contributed by atoms with Crippen LogP contribution in [-0.2, 0) is 12.8 Å². The topological polar surface area (TPSA) is 26.0 Å². The molecule has 0 saturated carbocycles. The summed E-state index contributed by atoms with van der Waals surface area (Å²) < 4.78 is 0. The largest absolute Gasteiger partial charge is 0.328 e. The second kappa shape index (κ2) is 6.01. The normalized spacial score (nSPS) is 11.9. The van der Waals surface area contributed by atoms with Crippen molar-refractivity contribution in [3.63, 3.8) is 0 Å². The smallest absolute Gasteiger partial charge is 0.00509 e. The molecule has 0 aliphatic heterocycles. The van der Waals surface area contributed by atoms with Gasteiger partial charge in [-0.05, 0) is 30.9 Å². The van der Waals surface area contributed by atoms with Crippen LogP contribution in [0.1, 0.15) is 25.0 Å². The summed E-state index contributed by atoms with van der Waals surface area (Å²) in [6.45, 7) is 4.20. The van der Waals surface area contributed by atoms with Crippen LogP contribution in [0.3, 0.4) is 0 Å². The van der Waals surface area contributed by atoms with Crippen LogP contribution >= 0.6 is 12.4 Å². The van der Waals surface area contributed by atoms with Gasteiger partial charge < -0.3 is 5.73 Å². The Balaban J connectivity index is 0.00000144. The van der Waals surface area contributed by atoms with E-state index in [9.17, 15) is 0 Å². The lowest BCUT2D eigenvalue weighted by molar-refractivity contribution is 0.738. The van der Waals surface area contributed by atoms with Gasteiger partial charge in [-0.2, -0.15) is 0 Å². The molecule has 0 heterocycles. The van der Waals surface area contributed by atoms with Gasteiger partial charge in [-0.25, -0.2) is 0 Å². The maximum absolute atomic E-state index is 5.69. The molecule has 1 rings (SSSR count). The Morgan fingerprint density at radius 1 is 1.15 bits per heavy atom. The predicted molar refractivity (Wildman–Crippen MR) is 60.4 cm³/mol. The van der Waals surface area contributed by atoms with E-state index in [-0.39, 0.29) is 18.4 Å². The zero-order valence-electron chi connectivity index (χ0n) is 8.29. The monoisotopic (exact) mass is 199 g/mol. The zero-order valence-corrected chi connectivity index (χ0v) is 9.10. The van der Waals surface area contributed by atoms with Gasteiger partial charge in [-0.3, -0.25) is 0 Å². The molecule has 74 valence electrons. The molecule has 0 aliphatic rings. The molecular weight excluding hydrogens is 182 g/mol. The van der Waals surface area contributed by atoms with Gasteiger partial charge in [-0.1, -0.05) is 31.2 Å².